The monoisotopic (exact) mass is 363 g/mol. The van der Waals surface area contributed by atoms with Crippen molar-refractivity contribution < 1.29 is 18.7 Å². The van der Waals surface area contributed by atoms with Gasteiger partial charge >= 0.3 is 5.97 Å². The highest BCUT2D eigenvalue weighted by atomic mass is 35.5. The number of esters is 1. The zero-order valence-electron chi connectivity index (χ0n) is 13.2. The molecule has 1 aromatic rings. The third-order valence-electron chi connectivity index (χ3n) is 3.06. The molecule has 0 bridgehead atoms. The lowest BCUT2D eigenvalue weighted by Crippen LogP contribution is -2.36. The second-order valence-electron chi connectivity index (χ2n) is 4.77. The quantitative estimate of drug-likeness (QED) is 0.522. The van der Waals surface area contributed by atoms with Gasteiger partial charge in [0.05, 0.1) is 30.0 Å². The van der Waals surface area contributed by atoms with Gasteiger partial charge in [-0.05, 0) is 18.2 Å². The number of halogens is 2. The van der Waals surface area contributed by atoms with Crippen LogP contribution in [0.5, 0.6) is 0 Å². The van der Waals surface area contributed by atoms with Gasteiger partial charge in [-0.1, -0.05) is 17.7 Å². The van der Waals surface area contributed by atoms with E-state index in [-0.39, 0.29) is 36.5 Å². The number of nitrogens with zero attached hydrogens (tertiary/aromatic N) is 3. The van der Waals surface area contributed by atoms with Crippen molar-refractivity contribution in [1.29, 1.82) is 10.5 Å². The van der Waals surface area contributed by atoms with Crippen molar-refractivity contribution in [2.75, 3.05) is 19.7 Å². The van der Waals surface area contributed by atoms with Gasteiger partial charge in [0.25, 0.3) is 5.91 Å². The molecule has 0 aliphatic rings. The number of benzene rings is 1. The summed E-state index contributed by atoms with van der Waals surface area (Å²) < 4.78 is 18.4. The molecule has 0 spiro atoms. The van der Waals surface area contributed by atoms with Crippen LogP contribution in [0.1, 0.15) is 18.4 Å². The van der Waals surface area contributed by atoms with Gasteiger partial charge in [-0.2, -0.15) is 10.5 Å². The average Bonchev–Trinajstić information content (AvgIpc) is 2.59. The number of rotatable bonds is 8. The first kappa shape index (κ1) is 20.1. The van der Waals surface area contributed by atoms with Crippen LogP contribution >= 0.6 is 11.6 Å². The largest absolute Gasteiger partial charge is 0.452 e. The van der Waals surface area contributed by atoms with E-state index in [0.29, 0.717) is 0 Å². The van der Waals surface area contributed by atoms with Gasteiger partial charge in [-0.3, -0.25) is 4.79 Å². The first-order valence-corrected chi connectivity index (χ1v) is 7.68. The molecule has 0 radical (unpaired) electrons. The van der Waals surface area contributed by atoms with Gasteiger partial charge in [0.2, 0.25) is 0 Å². The third kappa shape index (κ3) is 7.03. The van der Waals surface area contributed by atoms with Gasteiger partial charge in [0.15, 0.2) is 6.61 Å². The van der Waals surface area contributed by atoms with Crippen molar-refractivity contribution in [3.05, 3.63) is 40.7 Å². The fraction of sp³-hybridized carbons (Fsp3) is 0.294. The van der Waals surface area contributed by atoms with E-state index < -0.39 is 24.3 Å². The molecule has 6 nitrogen and oxygen atoms in total. The molecular formula is C17H15ClFN3O3. The normalized spacial score (nSPS) is 10.1. The lowest BCUT2D eigenvalue weighted by atomic mass is 10.2. The van der Waals surface area contributed by atoms with E-state index in [1.54, 1.807) is 0 Å². The molecule has 0 heterocycles. The maximum Gasteiger partial charge on any atom is 0.331 e. The lowest BCUT2D eigenvalue weighted by Gasteiger charge is -2.19. The number of hydrogen-bond acceptors (Lipinski definition) is 5. The molecule has 1 rings (SSSR count). The van der Waals surface area contributed by atoms with E-state index in [9.17, 15) is 14.0 Å². The Labute approximate surface area is 149 Å². The summed E-state index contributed by atoms with van der Waals surface area (Å²) in [6, 6.07) is 7.90. The van der Waals surface area contributed by atoms with Crippen molar-refractivity contribution in [3.8, 4) is 12.1 Å². The number of carbonyl (C=O) groups excluding carboxylic acids is 2. The highest BCUT2D eigenvalue weighted by Gasteiger charge is 2.14. The predicted molar refractivity (Wildman–Crippen MR) is 88.4 cm³/mol. The van der Waals surface area contributed by atoms with E-state index in [2.05, 4.69) is 0 Å². The molecule has 0 atom stereocenters. The minimum atomic E-state index is -0.840. The van der Waals surface area contributed by atoms with Crippen LogP contribution in [0.3, 0.4) is 0 Å². The molecule has 25 heavy (non-hydrogen) atoms. The molecule has 0 aliphatic carbocycles. The Morgan fingerprint density at radius 2 is 1.88 bits per heavy atom. The summed E-state index contributed by atoms with van der Waals surface area (Å²) in [5.74, 6) is -1.95. The van der Waals surface area contributed by atoms with Crippen LogP contribution in [0.15, 0.2) is 24.3 Å². The number of nitriles is 2. The molecule has 0 saturated heterocycles. The Morgan fingerprint density at radius 3 is 2.44 bits per heavy atom. The number of ether oxygens (including phenoxy) is 1. The Morgan fingerprint density at radius 1 is 1.24 bits per heavy atom. The zero-order valence-corrected chi connectivity index (χ0v) is 14.0. The first-order valence-electron chi connectivity index (χ1n) is 7.30. The molecule has 8 heteroatoms. The van der Waals surface area contributed by atoms with Crippen molar-refractivity contribution in [3.63, 3.8) is 0 Å². The third-order valence-corrected chi connectivity index (χ3v) is 3.39. The summed E-state index contributed by atoms with van der Waals surface area (Å²) in [6.45, 7) is -0.241. The molecule has 0 N–H and O–H groups in total. The van der Waals surface area contributed by atoms with Gasteiger partial charge in [-0.15, -0.1) is 0 Å². The maximum absolute atomic E-state index is 13.6. The molecule has 0 unspecified atom stereocenters. The van der Waals surface area contributed by atoms with Crippen molar-refractivity contribution in [1.82, 2.24) is 4.90 Å². The minimum absolute atomic E-state index is 0.0390. The number of amides is 1. The first-order chi connectivity index (χ1) is 12.0. The SMILES string of the molecule is N#CCCN(CCC#N)C(=O)COC(=O)/C=C/c1c(F)cccc1Cl. The van der Waals surface area contributed by atoms with E-state index in [4.69, 9.17) is 26.9 Å². The summed E-state index contributed by atoms with van der Waals surface area (Å²) in [5.41, 5.74) is 0.0390. The van der Waals surface area contributed by atoms with Crippen LogP contribution in [0.2, 0.25) is 5.02 Å². The van der Waals surface area contributed by atoms with Crippen LogP contribution in [-0.2, 0) is 14.3 Å². The Balaban J connectivity index is 2.59. The number of hydrogen-bond donors (Lipinski definition) is 0. The molecular weight excluding hydrogens is 349 g/mol. The molecule has 1 amide bonds. The van der Waals surface area contributed by atoms with Gasteiger partial charge in [0, 0.05) is 24.7 Å². The lowest BCUT2D eigenvalue weighted by molar-refractivity contribution is -0.148. The highest BCUT2D eigenvalue weighted by Crippen LogP contribution is 2.20. The molecule has 0 aromatic heterocycles. The second-order valence-corrected chi connectivity index (χ2v) is 5.18. The smallest absolute Gasteiger partial charge is 0.331 e. The topological polar surface area (TPSA) is 94.2 Å². The van der Waals surface area contributed by atoms with Gasteiger partial charge < -0.3 is 9.64 Å². The van der Waals surface area contributed by atoms with Gasteiger partial charge in [0.1, 0.15) is 5.82 Å². The molecule has 0 fully saturated rings. The summed E-state index contributed by atoms with van der Waals surface area (Å²) in [7, 11) is 0. The zero-order chi connectivity index (χ0) is 18.7. The average molecular weight is 364 g/mol. The van der Waals surface area contributed by atoms with Crippen molar-refractivity contribution in [2.45, 2.75) is 12.8 Å². The predicted octanol–water partition coefficient (Wildman–Crippen LogP) is 2.69. The maximum atomic E-state index is 13.6. The highest BCUT2D eigenvalue weighted by molar-refractivity contribution is 6.32. The Hall–Kier alpha value is -2.90. The molecule has 130 valence electrons. The van der Waals surface area contributed by atoms with E-state index in [0.717, 1.165) is 12.2 Å². The van der Waals surface area contributed by atoms with E-state index in [1.165, 1.54) is 23.1 Å². The van der Waals surface area contributed by atoms with Crippen LogP contribution in [0.4, 0.5) is 4.39 Å². The molecule has 1 aromatic carbocycles. The summed E-state index contributed by atoms with van der Waals surface area (Å²) in [4.78, 5) is 24.9. The fourth-order valence-corrected chi connectivity index (χ4v) is 2.05. The van der Waals surface area contributed by atoms with Crippen LogP contribution in [0, 0.1) is 28.5 Å². The van der Waals surface area contributed by atoms with Crippen LogP contribution in [-0.4, -0.2) is 36.5 Å². The summed E-state index contributed by atoms with van der Waals surface area (Å²) >= 11 is 5.82. The molecule has 0 aliphatic heterocycles. The second kappa shape index (κ2) is 10.8. The summed E-state index contributed by atoms with van der Waals surface area (Å²) in [6.07, 6.45) is 2.34. The minimum Gasteiger partial charge on any atom is -0.452 e. The summed E-state index contributed by atoms with van der Waals surface area (Å²) in [5, 5.41) is 17.3. The Bertz CT molecular complexity index is 699. The van der Waals surface area contributed by atoms with E-state index >= 15 is 0 Å². The van der Waals surface area contributed by atoms with Crippen molar-refractivity contribution >= 4 is 29.6 Å². The van der Waals surface area contributed by atoms with Crippen molar-refractivity contribution in [2.24, 2.45) is 0 Å². The van der Waals surface area contributed by atoms with E-state index in [1.807, 2.05) is 12.1 Å². The standard InChI is InChI=1S/C17H15ClFN3O3/c18-14-4-1-5-15(19)13(14)6-7-17(24)25-12-16(23)22(10-2-8-20)11-3-9-21/h1,4-7H,2-3,10-12H2/b7-6+. The van der Waals surface area contributed by atoms with Crippen LogP contribution in [0.25, 0.3) is 6.08 Å². The van der Waals surface area contributed by atoms with Crippen LogP contribution < -0.4 is 0 Å². The molecule has 0 saturated carbocycles. The Kier molecular flexibility index (Phi) is 8.70. The fourth-order valence-electron chi connectivity index (χ4n) is 1.82. The number of carbonyl (C=O) groups is 2. The van der Waals surface area contributed by atoms with Gasteiger partial charge in [-0.25, -0.2) is 9.18 Å².